The first-order chi connectivity index (χ1) is 12.0. The lowest BCUT2D eigenvalue weighted by molar-refractivity contribution is -0.140. The number of nitrogens with zero attached hydrogens (tertiary/aromatic N) is 1. The molecule has 0 spiro atoms. The molecule has 8 heteroatoms. The summed E-state index contributed by atoms with van der Waals surface area (Å²) in [4.78, 5) is 49.2. The summed E-state index contributed by atoms with van der Waals surface area (Å²) < 4.78 is 0. The lowest BCUT2D eigenvalue weighted by Gasteiger charge is -2.30. The third-order valence-corrected chi connectivity index (χ3v) is 3.54. The van der Waals surface area contributed by atoms with Crippen molar-refractivity contribution in [3.63, 3.8) is 0 Å². The molecular formula is C17H18N4O4. The molecule has 1 aliphatic heterocycles. The number of urea groups is 1. The van der Waals surface area contributed by atoms with Crippen LogP contribution in [-0.2, 0) is 9.59 Å². The number of carbonyl (C=O) groups is 4. The predicted octanol–water partition coefficient (Wildman–Crippen LogP) is 0.705. The second-order valence-corrected chi connectivity index (χ2v) is 5.15. The Labute approximate surface area is 144 Å². The zero-order chi connectivity index (χ0) is 18.4. The van der Waals surface area contributed by atoms with E-state index in [-0.39, 0.29) is 12.2 Å². The quantitative estimate of drug-likeness (QED) is 0.401. The van der Waals surface area contributed by atoms with Crippen molar-refractivity contribution in [2.75, 3.05) is 6.54 Å². The number of hydrogen-bond donors (Lipinski definition) is 3. The summed E-state index contributed by atoms with van der Waals surface area (Å²) in [6.07, 6.45) is 2.86. The van der Waals surface area contributed by atoms with Crippen molar-refractivity contribution in [3.05, 3.63) is 60.3 Å². The van der Waals surface area contributed by atoms with Gasteiger partial charge < -0.3 is 5.43 Å². The summed E-state index contributed by atoms with van der Waals surface area (Å²) in [5.74, 6) is -3.14. The number of hydrogen-bond acceptors (Lipinski definition) is 5. The van der Waals surface area contributed by atoms with Gasteiger partial charge in [-0.2, -0.15) is 0 Å². The summed E-state index contributed by atoms with van der Waals surface area (Å²) >= 11 is 0. The van der Waals surface area contributed by atoms with Crippen molar-refractivity contribution in [2.45, 2.75) is 6.92 Å². The Balaban J connectivity index is 2.12. The molecule has 0 bridgehead atoms. The normalized spacial score (nSPS) is 17.8. The van der Waals surface area contributed by atoms with Crippen molar-refractivity contribution in [1.29, 1.82) is 0 Å². The molecule has 1 atom stereocenters. The zero-order valence-corrected chi connectivity index (χ0v) is 13.6. The predicted molar refractivity (Wildman–Crippen MR) is 89.7 cm³/mol. The third kappa shape index (κ3) is 3.92. The van der Waals surface area contributed by atoms with E-state index in [1.807, 2.05) is 0 Å². The molecule has 1 aromatic carbocycles. The first kappa shape index (κ1) is 17.9. The first-order valence-corrected chi connectivity index (χ1v) is 7.54. The van der Waals surface area contributed by atoms with E-state index in [1.54, 1.807) is 37.3 Å². The van der Waals surface area contributed by atoms with Crippen molar-refractivity contribution >= 4 is 23.8 Å². The zero-order valence-electron chi connectivity index (χ0n) is 13.6. The van der Waals surface area contributed by atoms with Gasteiger partial charge in [0, 0.05) is 17.8 Å². The van der Waals surface area contributed by atoms with Gasteiger partial charge in [-0.05, 0) is 19.1 Å². The molecule has 3 N–H and O–H groups in total. The summed E-state index contributed by atoms with van der Waals surface area (Å²) in [5, 5.41) is 2.11. The van der Waals surface area contributed by atoms with Crippen LogP contribution in [0.5, 0.6) is 0 Å². The number of imide groups is 2. The fourth-order valence-electron chi connectivity index (χ4n) is 2.29. The molecule has 8 nitrogen and oxygen atoms in total. The Morgan fingerprint density at radius 3 is 2.52 bits per heavy atom. The summed E-state index contributed by atoms with van der Waals surface area (Å²) in [6, 6.07) is 7.64. The van der Waals surface area contributed by atoms with Gasteiger partial charge in [-0.1, -0.05) is 30.4 Å². The minimum Gasteiger partial charge on any atom is -0.301 e. The van der Waals surface area contributed by atoms with E-state index in [9.17, 15) is 19.2 Å². The highest BCUT2D eigenvalue weighted by Crippen LogP contribution is 2.17. The van der Waals surface area contributed by atoms with Crippen LogP contribution >= 0.6 is 0 Å². The van der Waals surface area contributed by atoms with E-state index >= 15 is 0 Å². The van der Waals surface area contributed by atoms with Gasteiger partial charge in [-0.15, -0.1) is 6.58 Å². The smallest absolute Gasteiger partial charge is 0.301 e. The van der Waals surface area contributed by atoms with Gasteiger partial charge >= 0.3 is 6.03 Å². The third-order valence-electron chi connectivity index (χ3n) is 3.54. The Hall–Kier alpha value is -3.42. The summed E-state index contributed by atoms with van der Waals surface area (Å²) in [7, 11) is 0. The van der Waals surface area contributed by atoms with Crippen LogP contribution in [-0.4, -0.2) is 35.2 Å². The Morgan fingerprint density at radius 1 is 1.24 bits per heavy atom. The van der Waals surface area contributed by atoms with Crippen LogP contribution in [0.3, 0.4) is 0 Å². The molecule has 0 saturated carbocycles. The number of hydrazine groups is 1. The van der Waals surface area contributed by atoms with Crippen LogP contribution in [0.2, 0.25) is 0 Å². The lowest BCUT2D eigenvalue weighted by Crippen LogP contribution is -2.60. The lowest BCUT2D eigenvalue weighted by atomic mass is 10.0. The molecule has 1 heterocycles. The maximum atomic E-state index is 12.5. The second-order valence-electron chi connectivity index (χ2n) is 5.15. The molecule has 130 valence electrons. The van der Waals surface area contributed by atoms with Crippen LogP contribution in [0.1, 0.15) is 17.3 Å². The summed E-state index contributed by atoms with van der Waals surface area (Å²) in [5.41, 5.74) is 5.60. The van der Waals surface area contributed by atoms with Gasteiger partial charge in [0.25, 0.3) is 5.91 Å². The van der Waals surface area contributed by atoms with E-state index in [1.165, 1.54) is 12.2 Å². The van der Waals surface area contributed by atoms with Gasteiger partial charge in [0.15, 0.2) is 5.92 Å². The highest BCUT2D eigenvalue weighted by atomic mass is 16.2. The molecule has 25 heavy (non-hydrogen) atoms. The van der Waals surface area contributed by atoms with Crippen LogP contribution in [0.25, 0.3) is 0 Å². The van der Waals surface area contributed by atoms with E-state index in [4.69, 9.17) is 0 Å². The molecule has 0 aliphatic carbocycles. The molecule has 1 fully saturated rings. The molecule has 0 radical (unpaired) electrons. The number of amides is 5. The van der Waals surface area contributed by atoms with Crippen LogP contribution < -0.4 is 16.2 Å². The summed E-state index contributed by atoms with van der Waals surface area (Å²) in [6.45, 7) is 5.06. The van der Waals surface area contributed by atoms with Crippen LogP contribution in [0.4, 0.5) is 4.79 Å². The van der Waals surface area contributed by atoms with E-state index in [0.29, 0.717) is 5.56 Å². The van der Waals surface area contributed by atoms with Crippen molar-refractivity contribution in [1.82, 2.24) is 21.1 Å². The van der Waals surface area contributed by atoms with E-state index in [2.05, 4.69) is 22.7 Å². The SMILES string of the molecule is C=CCN1C(=O)NC(=O)[C@H](/C(=C\C)NNC(=O)c2ccccc2)C1=O. The molecular weight excluding hydrogens is 324 g/mol. The van der Waals surface area contributed by atoms with Gasteiger partial charge in [0.05, 0.1) is 0 Å². The highest BCUT2D eigenvalue weighted by Gasteiger charge is 2.42. The van der Waals surface area contributed by atoms with Crippen molar-refractivity contribution in [2.24, 2.45) is 5.92 Å². The maximum Gasteiger partial charge on any atom is 0.331 e. The maximum absolute atomic E-state index is 12.5. The fourth-order valence-corrected chi connectivity index (χ4v) is 2.29. The fraction of sp³-hybridized carbons (Fsp3) is 0.176. The molecule has 1 aromatic rings. The number of carbonyl (C=O) groups excluding carboxylic acids is 4. The Bertz CT molecular complexity index is 742. The van der Waals surface area contributed by atoms with Gasteiger partial charge in [0.1, 0.15) is 0 Å². The number of benzene rings is 1. The van der Waals surface area contributed by atoms with E-state index < -0.39 is 29.7 Å². The Kier molecular flexibility index (Phi) is 5.67. The molecule has 0 unspecified atom stereocenters. The average Bonchev–Trinajstić information content (AvgIpc) is 2.61. The number of nitrogens with one attached hydrogen (secondary N) is 3. The number of allylic oxidation sites excluding steroid dienone is 1. The standard InChI is InChI=1S/C17H18N4O4/c1-3-10-21-16(24)13(15(23)18-17(21)25)12(4-2)19-20-14(22)11-8-6-5-7-9-11/h3-9,13,19H,1,10H2,2H3,(H,20,22)(H,18,23,25)/b12-4+/t13-/m0/s1. The monoisotopic (exact) mass is 342 g/mol. The Morgan fingerprint density at radius 2 is 1.92 bits per heavy atom. The topological polar surface area (TPSA) is 108 Å². The second kappa shape index (κ2) is 7.91. The number of rotatable bonds is 6. The van der Waals surface area contributed by atoms with Crippen LogP contribution in [0.15, 0.2) is 54.8 Å². The average molecular weight is 342 g/mol. The molecule has 0 aromatic heterocycles. The molecule has 5 amide bonds. The molecule has 1 saturated heterocycles. The van der Waals surface area contributed by atoms with Gasteiger partial charge in [-0.25, -0.2) is 4.79 Å². The number of barbiturate groups is 1. The van der Waals surface area contributed by atoms with Crippen LogP contribution in [0, 0.1) is 5.92 Å². The minimum atomic E-state index is -1.27. The molecule has 1 aliphatic rings. The van der Waals surface area contributed by atoms with Crippen molar-refractivity contribution < 1.29 is 19.2 Å². The van der Waals surface area contributed by atoms with Gasteiger partial charge in [-0.3, -0.25) is 30.0 Å². The highest BCUT2D eigenvalue weighted by molar-refractivity contribution is 6.17. The largest absolute Gasteiger partial charge is 0.331 e. The minimum absolute atomic E-state index is 0.0260. The van der Waals surface area contributed by atoms with Gasteiger partial charge in [0.2, 0.25) is 11.8 Å². The first-order valence-electron chi connectivity index (χ1n) is 7.54. The van der Waals surface area contributed by atoms with E-state index in [0.717, 1.165) is 4.90 Å². The molecule has 2 rings (SSSR count). The van der Waals surface area contributed by atoms with Crippen molar-refractivity contribution in [3.8, 4) is 0 Å².